The highest BCUT2D eigenvalue weighted by molar-refractivity contribution is 5.94. The zero-order valence-electron chi connectivity index (χ0n) is 15.6. The van der Waals surface area contributed by atoms with Crippen molar-refractivity contribution in [1.29, 1.82) is 0 Å². The Morgan fingerprint density at radius 2 is 2.07 bits per heavy atom. The first-order valence-electron chi connectivity index (χ1n) is 9.29. The Labute approximate surface area is 163 Å². The quantitative estimate of drug-likeness (QED) is 0.741. The van der Waals surface area contributed by atoms with Gasteiger partial charge >= 0.3 is 0 Å². The molecule has 2 aromatic heterocycles. The fourth-order valence-corrected chi connectivity index (χ4v) is 3.32. The molecule has 0 fully saturated rings. The van der Waals surface area contributed by atoms with Crippen LogP contribution in [0, 0.1) is 0 Å². The number of ether oxygens (including phenoxy) is 2. The Balaban J connectivity index is 1.50. The van der Waals surface area contributed by atoms with Crippen LogP contribution in [0.25, 0.3) is 11.1 Å². The van der Waals surface area contributed by atoms with E-state index in [0.717, 1.165) is 22.4 Å². The van der Waals surface area contributed by atoms with Crippen molar-refractivity contribution in [3.8, 4) is 22.8 Å². The van der Waals surface area contributed by atoms with Crippen LogP contribution >= 0.6 is 0 Å². The molecule has 1 amide bonds. The molecule has 0 saturated heterocycles. The number of carbonyl (C=O) groups is 1. The predicted molar refractivity (Wildman–Crippen MR) is 106 cm³/mol. The van der Waals surface area contributed by atoms with E-state index in [1.165, 1.54) is 6.20 Å². The molecule has 3 heterocycles. The van der Waals surface area contributed by atoms with Gasteiger partial charge in [-0.05, 0) is 42.3 Å². The number of nitrogens with zero attached hydrogens (tertiary/aromatic N) is 2. The Kier molecular flexibility index (Phi) is 5.19. The number of aromatic nitrogens is 2. The van der Waals surface area contributed by atoms with Gasteiger partial charge in [0.15, 0.2) is 0 Å². The van der Waals surface area contributed by atoms with Gasteiger partial charge in [0.05, 0.1) is 18.2 Å². The fraction of sp³-hybridized carbons (Fsp3) is 0.227. The van der Waals surface area contributed by atoms with Gasteiger partial charge in [-0.15, -0.1) is 0 Å². The van der Waals surface area contributed by atoms with E-state index >= 15 is 0 Å². The summed E-state index contributed by atoms with van der Waals surface area (Å²) in [5.74, 6) is 1.20. The lowest BCUT2D eigenvalue weighted by molar-refractivity contribution is 0.0915. The largest absolute Gasteiger partial charge is 0.491 e. The van der Waals surface area contributed by atoms with E-state index in [-0.39, 0.29) is 11.9 Å². The molecule has 142 valence electrons. The zero-order chi connectivity index (χ0) is 19.3. The summed E-state index contributed by atoms with van der Waals surface area (Å²) in [6, 6.07) is 13.3. The summed E-state index contributed by atoms with van der Waals surface area (Å²) in [7, 11) is 0. The molecule has 0 radical (unpaired) electrons. The van der Waals surface area contributed by atoms with Crippen molar-refractivity contribution in [1.82, 2.24) is 15.3 Å². The molecule has 1 aromatic carbocycles. The molecule has 0 bridgehead atoms. The molecule has 0 aliphatic carbocycles. The SMILES string of the molecule is CCOc1ccc(C(=O)N[C@@H]2COc3cccc(-c4ccncc4)c3C2)cn1. The third-order valence-corrected chi connectivity index (χ3v) is 4.64. The molecule has 1 atom stereocenters. The van der Waals surface area contributed by atoms with Crippen molar-refractivity contribution >= 4 is 5.91 Å². The summed E-state index contributed by atoms with van der Waals surface area (Å²) in [5, 5.41) is 3.05. The van der Waals surface area contributed by atoms with Gasteiger partial charge in [0, 0.05) is 36.6 Å². The van der Waals surface area contributed by atoms with E-state index in [1.54, 1.807) is 24.5 Å². The van der Waals surface area contributed by atoms with Gasteiger partial charge in [0.2, 0.25) is 5.88 Å². The molecule has 0 unspecified atom stereocenters. The first-order chi connectivity index (χ1) is 13.7. The van der Waals surface area contributed by atoms with Crippen LogP contribution in [-0.2, 0) is 6.42 Å². The molecule has 6 nitrogen and oxygen atoms in total. The van der Waals surface area contributed by atoms with Gasteiger partial charge in [-0.25, -0.2) is 4.98 Å². The van der Waals surface area contributed by atoms with Gasteiger partial charge in [0.25, 0.3) is 5.91 Å². The predicted octanol–water partition coefficient (Wildman–Crippen LogP) is 3.28. The van der Waals surface area contributed by atoms with Crippen LogP contribution in [0.1, 0.15) is 22.8 Å². The maximum absolute atomic E-state index is 12.6. The van der Waals surface area contributed by atoms with E-state index in [1.807, 2.05) is 31.2 Å². The molecule has 28 heavy (non-hydrogen) atoms. The first-order valence-corrected chi connectivity index (χ1v) is 9.29. The highest BCUT2D eigenvalue weighted by atomic mass is 16.5. The minimum atomic E-state index is -0.172. The molecule has 3 aromatic rings. The summed E-state index contributed by atoms with van der Waals surface area (Å²) >= 11 is 0. The van der Waals surface area contributed by atoms with Crippen molar-refractivity contribution in [3.63, 3.8) is 0 Å². The lowest BCUT2D eigenvalue weighted by atomic mass is 9.93. The second kappa shape index (κ2) is 8.08. The van der Waals surface area contributed by atoms with E-state index in [9.17, 15) is 4.79 Å². The van der Waals surface area contributed by atoms with Crippen LogP contribution in [0.4, 0.5) is 0 Å². The van der Waals surface area contributed by atoms with Crippen LogP contribution in [-0.4, -0.2) is 35.1 Å². The van der Waals surface area contributed by atoms with Crippen LogP contribution in [0.15, 0.2) is 61.1 Å². The highest BCUT2D eigenvalue weighted by Gasteiger charge is 2.24. The number of pyridine rings is 2. The summed E-state index contributed by atoms with van der Waals surface area (Å²) < 4.78 is 11.2. The third-order valence-electron chi connectivity index (χ3n) is 4.64. The Hall–Kier alpha value is -3.41. The molecular weight excluding hydrogens is 354 g/mol. The standard InChI is InChI=1S/C22H21N3O3/c1-2-27-21-7-6-16(13-24-21)22(26)25-17-12-19-18(15-8-10-23-11-9-15)4-3-5-20(19)28-14-17/h3-11,13,17H,2,12,14H2,1H3,(H,25,26)/t17-/m0/s1. The topological polar surface area (TPSA) is 73.3 Å². The lowest BCUT2D eigenvalue weighted by Crippen LogP contribution is -2.42. The zero-order valence-corrected chi connectivity index (χ0v) is 15.6. The second-order valence-electron chi connectivity index (χ2n) is 6.52. The molecule has 0 saturated carbocycles. The van der Waals surface area contributed by atoms with E-state index < -0.39 is 0 Å². The third kappa shape index (κ3) is 3.81. The maximum atomic E-state index is 12.6. The Bertz CT molecular complexity index is 959. The number of rotatable bonds is 5. The Morgan fingerprint density at radius 3 is 2.82 bits per heavy atom. The Morgan fingerprint density at radius 1 is 1.21 bits per heavy atom. The minimum absolute atomic E-state index is 0.116. The molecule has 1 aliphatic heterocycles. The molecule has 4 rings (SSSR count). The van der Waals surface area contributed by atoms with Gasteiger partial charge in [-0.3, -0.25) is 9.78 Å². The van der Waals surface area contributed by atoms with E-state index in [0.29, 0.717) is 31.1 Å². The second-order valence-corrected chi connectivity index (χ2v) is 6.52. The average molecular weight is 375 g/mol. The minimum Gasteiger partial charge on any atom is -0.491 e. The smallest absolute Gasteiger partial charge is 0.253 e. The van der Waals surface area contributed by atoms with E-state index in [4.69, 9.17) is 9.47 Å². The number of benzene rings is 1. The van der Waals surface area contributed by atoms with Crippen molar-refractivity contribution < 1.29 is 14.3 Å². The van der Waals surface area contributed by atoms with Crippen LogP contribution in [0.3, 0.4) is 0 Å². The molecule has 1 N–H and O–H groups in total. The van der Waals surface area contributed by atoms with Crippen LogP contribution in [0.5, 0.6) is 11.6 Å². The van der Waals surface area contributed by atoms with Crippen molar-refractivity contribution in [3.05, 3.63) is 72.2 Å². The van der Waals surface area contributed by atoms with Crippen molar-refractivity contribution in [2.75, 3.05) is 13.2 Å². The molecule has 6 heteroatoms. The number of carbonyl (C=O) groups excluding carboxylic acids is 1. The average Bonchev–Trinajstić information content (AvgIpc) is 2.74. The first kappa shape index (κ1) is 18.0. The fourth-order valence-electron chi connectivity index (χ4n) is 3.32. The number of amides is 1. The van der Waals surface area contributed by atoms with Crippen molar-refractivity contribution in [2.24, 2.45) is 0 Å². The highest BCUT2D eigenvalue weighted by Crippen LogP contribution is 2.34. The molecular formula is C22H21N3O3. The van der Waals surface area contributed by atoms with Gasteiger partial charge < -0.3 is 14.8 Å². The molecule has 0 spiro atoms. The summed E-state index contributed by atoms with van der Waals surface area (Å²) in [6.07, 6.45) is 5.78. The van der Waals surface area contributed by atoms with E-state index in [2.05, 4.69) is 21.4 Å². The van der Waals surface area contributed by atoms with Crippen LogP contribution in [0.2, 0.25) is 0 Å². The molecule has 1 aliphatic rings. The summed E-state index contributed by atoms with van der Waals surface area (Å²) in [5.41, 5.74) is 3.77. The summed E-state index contributed by atoms with van der Waals surface area (Å²) in [6.45, 7) is 2.86. The van der Waals surface area contributed by atoms with Gasteiger partial charge in [-0.2, -0.15) is 0 Å². The van der Waals surface area contributed by atoms with Crippen LogP contribution < -0.4 is 14.8 Å². The lowest BCUT2D eigenvalue weighted by Gasteiger charge is -2.28. The van der Waals surface area contributed by atoms with Gasteiger partial charge in [0.1, 0.15) is 12.4 Å². The van der Waals surface area contributed by atoms with Crippen molar-refractivity contribution in [2.45, 2.75) is 19.4 Å². The number of hydrogen-bond acceptors (Lipinski definition) is 5. The number of nitrogens with one attached hydrogen (secondary N) is 1. The number of hydrogen-bond donors (Lipinski definition) is 1. The number of fused-ring (bicyclic) bond motifs is 1. The van der Waals surface area contributed by atoms with Gasteiger partial charge in [-0.1, -0.05) is 12.1 Å². The maximum Gasteiger partial charge on any atom is 0.253 e. The summed E-state index contributed by atoms with van der Waals surface area (Å²) in [4.78, 5) is 20.8. The normalized spacial score (nSPS) is 15.2. The monoisotopic (exact) mass is 375 g/mol.